The molecule has 6 heteroatoms. The number of hydrogen-bond acceptors (Lipinski definition) is 4. The fourth-order valence-corrected chi connectivity index (χ4v) is 3.03. The maximum absolute atomic E-state index is 11.4. The first-order chi connectivity index (χ1) is 9.20. The summed E-state index contributed by atoms with van der Waals surface area (Å²) in [5.41, 5.74) is 0.668. The molecule has 1 aliphatic rings. The van der Waals surface area contributed by atoms with E-state index in [4.69, 9.17) is 0 Å². The molecule has 2 heterocycles. The molecule has 0 saturated heterocycles. The summed E-state index contributed by atoms with van der Waals surface area (Å²) in [5.74, 6) is -0.0820. The van der Waals surface area contributed by atoms with Gasteiger partial charge in [-0.25, -0.2) is 0 Å². The van der Waals surface area contributed by atoms with E-state index in [9.17, 15) is 9.90 Å². The molecular weight excluding hydrogens is 244 g/mol. The second kappa shape index (κ2) is 4.60. The molecular formula is C13H16N4O2. The molecule has 3 unspecified atom stereocenters. The number of nitrogens with zero attached hydrogens (tertiary/aromatic N) is 4. The van der Waals surface area contributed by atoms with E-state index in [2.05, 4.69) is 22.2 Å². The zero-order valence-electron chi connectivity index (χ0n) is 10.7. The Balaban J connectivity index is 2.02. The highest BCUT2D eigenvalue weighted by Gasteiger charge is 2.41. The SMILES string of the molecule is CCC1CC(C(=O)O)C(c2nnc3cccnn23)C1. The first-order valence-electron chi connectivity index (χ1n) is 6.59. The van der Waals surface area contributed by atoms with Gasteiger partial charge in [-0.3, -0.25) is 4.79 Å². The molecule has 2 aromatic rings. The summed E-state index contributed by atoms with van der Waals surface area (Å²) < 4.78 is 1.67. The number of fused-ring (bicyclic) bond motifs is 1. The number of aromatic nitrogens is 4. The molecule has 1 saturated carbocycles. The molecule has 1 fully saturated rings. The number of aliphatic carboxylic acids is 1. The van der Waals surface area contributed by atoms with Gasteiger partial charge >= 0.3 is 5.97 Å². The van der Waals surface area contributed by atoms with Crippen LogP contribution in [0, 0.1) is 11.8 Å². The van der Waals surface area contributed by atoms with Crippen LogP contribution in [0.1, 0.15) is 37.9 Å². The lowest BCUT2D eigenvalue weighted by Gasteiger charge is -2.12. The van der Waals surface area contributed by atoms with Crippen molar-refractivity contribution in [1.82, 2.24) is 19.8 Å². The summed E-state index contributed by atoms with van der Waals surface area (Å²) >= 11 is 0. The molecule has 0 aliphatic heterocycles. The monoisotopic (exact) mass is 260 g/mol. The van der Waals surface area contributed by atoms with E-state index < -0.39 is 5.97 Å². The highest BCUT2D eigenvalue weighted by Crippen LogP contribution is 2.43. The van der Waals surface area contributed by atoms with Gasteiger partial charge in [-0.15, -0.1) is 10.2 Å². The van der Waals surface area contributed by atoms with E-state index in [-0.39, 0.29) is 11.8 Å². The highest BCUT2D eigenvalue weighted by atomic mass is 16.4. The highest BCUT2D eigenvalue weighted by molar-refractivity contribution is 5.71. The Morgan fingerprint density at radius 2 is 2.32 bits per heavy atom. The Morgan fingerprint density at radius 1 is 1.47 bits per heavy atom. The van der Waals surface area contributed by atoms with E-state index in [1.807, 2.05) is 6.07 Å². The van der Waals surface area contributed by atoms with Gasteiger partial charge in [-0.1, -0.05) is 13.3 Å². The number of carboxylic acid groups (broad SMARTS) is 1. The quantitative estimate of drug-likeness (QED) is 0.909. The van der Waals surface area contributed by atoms with E-state index >= 15 is 0 Å². The molecule has 0 amide bonds. The molecule has 0 aromatic carbocycles. The van der Waals surface area contributed by atoms with Gasteiger partial charge in [0.1, 0.15) is 0 Å². The predicted octanol–water partition coefficient (Wildman–Crippen LogP) is 1.73. The number of carbonyl (C=O) groups is 1. The Kier molecular flexibility index (Phi) is 2.93. The van der Waals surface area contributed by atoms with Crippen molar-refractivity contribution < 1.29 is 9.90 Å². The van der Waals surface area contributed by atoms with E-state index in [1.165, 1.54) is 0 Å². The number of carboxylic acids is 1. The first kappa shape index (κ1) is 12.1. The fourth-order valence-electron chi connectivity index (χ4n) is 3.03. The summed E-state index contributed by atoms with van der Waals surface area (Å²) in [6.45, 7) is 2.10. The minimum Gasteiger partial charge on any atom is -0.481 e. The maximum Gasteiger partial charge on any atom is 0.307 e. The van der Waals surface area contributed by atoms with Crippen LogP contribution in [0.3, 0.4) is 0 Å². The summed E-state index contributed by atoms with van der Waals surface area (Å²) in [5, 5.41) is 21.9. The van der Waals surface area contributed by atoms with Crippen LogP contribution in [0.4, 0.5) is 0 Å². The average Bonchev–Trinajstić information content (AvgIpc) is 3.02. The van der Waals surface area contributed by atoms with Crippen molar-refractivity contribution >= 4 is 11.6 Å². The number of rotatable bonds is 3. The Hall–Kier alpha value is -1.98. The van der Waals surface area contributed by atoms with Crippen molar-refractivity contribution in [2.24, 2.45) is 11.8 Å². The molecule has 1 aliphatic carbocycles. The lowest BCUT2D eigenvalue weighted by Crippen LogP contribution is -2.19. The van der Waals surface area contributed by atoms with Crippen molar-refractivity contribution in [3.05, 3.63) is 24.2 Å². The van der Waals surface area contributed by atoms with Gasteiger partial charge in [-0.2, -0.15) is 9.61 Å². The van der Waals surface area contributed by atoms with E-state index in [0.717, 1.165) is 19.3 Å². The van der Waals surface area contributed by atoms with Crippen LogP contribution in [-0.4, -0.2) is 30.9 Å². The van der Waals surface area contributed by atoms with Gasteiger partial charge in [0.05, 0.1) is 5.92 Å². The van der Waals surface area contributed by atoms with Gasteiger partial charge in [0.2, 0.25) is 0 Å². The van der Waals surface area contributed by atoms with Gasteiger partial charge in [0.25, 0.3) is 0 Å². The Bertz CT molecular complexity index is 609. The van der Waals surface area contributed by atoms with Crippen LogP contribution in [0.15, 0.2) is 18.3 Å². The zero-order valence-corrected chi connectivity index (χ0v) is 10.7. The molecule has 3 rings (SSSR count). The summed E-state index contributed by atoms with van der Waals surface area (Å²) in [6.07, 6.45) is 4.25. The molecule has 19 heavy (non-hydrogen) atoms. The zero-order chi connectivity index (χ0) is 13.4. The molecule has 6 nitrogen and oxygen atoms in total. The summed E-state index contributed by atoms with van der Waals surface area (Å²) in [4.78, 5) is 11.4. The van der Waals surface area contributed by atoms with Crippen molar-refractivity contribution in [2.45, 2.75) is 32.1 Å². The molecule has 0 bridgehead atoms. The number of hydrogen-bond donors (Lipinski definition) is 1. The summed E-state index contributed by atoms with van der Waals surface area (Å²) in [7, 11) is 0. The second-order valence-electron chi connectivity index (χ2n) is 5.15. The largest absolute Gasteiger partial charge is 0.481 e. The molecule has 3 atom stereocenters. The molecule has 2 aromatic heterocycles. The van der Waals surface area contributed by atoms with E-state index in [0.29, 0.717) is 17.4 Å². The average molecular weight is 260 g/mol. The third-order valence-electron chi connectivity index (χ3n) is 4.09. The lowest BCUT2D eigenvalue weighted by atomic mass is 9.95. The van der Waals surface area contributed by atoms with Crippen LogP contribution < -0.4 is 0 Å². The Labute approximate surface area is 110 Å². The lowest BCUT2D eigenvalue weighted by molar-refractivity contribution is -0.142. The van der Waals surface area contributed by atoms with Crippen LogP contribution >= 0.6 is 0 Å². The Morgan fingerprint density at radius 3 is 3.05 bits per heavy atom. The molecule has 100 valence electrons. The third kappa shape index (κ3) is 1.97. The van der Waals surface area contributed by atoms with Gasteiger partial charge < -0.3 is 5.11 Å². The third-order valence-corrected chi connectivity index (χ3v) is 4.09. The van der Waals surface area contributed by atoms with Crippen molar-refractivity contribution in [1.29, 1.82) is 0 Å². The summed E-state index contributed by atoms with van der Waals surface area (Å²) in [6, 6.07) is 3.62. The molecule has 0 radical (unpaired) electrons. The van der Waals surface area contributed by atoms with Gasteiger partial charge in [0.15, 0.2) is 11.5 Å². The van der Waals surface area contributed by atoms with Crippen molar-refractivity contribution in [3.8, 4) is 0 Å². The van der Waals surface area contributed by atoms with Crippen LogP contribution in [0.5, 0.6) is 0 Å². The minimum absolute atomic E-state index is 0.0904. The van der Waals surface area contributed by atoms with Crippen molar-refractivity contribution in [2.75, 3.05) is 0 Å². The first-order valence-corrected chi connectivity index (χ1v) is 6.59. The van der Waals surface area contributed by atoms with Crippen LogP contribution in [-0.2, 0) is 4.79 Å². The molecule has 0 spiro atoms. The minimum atomic E-state index is -0.742. The fraction of sp³-hybridized carbons (Fsp3) is 0.538. The topological polar surface area (TPSA) is 80.4 Å². The maximum atomic E-state index is 11.4. The molecule has 1 N–H and O–H groups in total. The van der Waals surface area contributed by atoms with Crippen molar-refractivity contribution in [3.63, 3.8) is 0 Å². The standard InChI is InChI=1S/C13H16N4O2/c1-2-8-6-9(10(7-8)13(18)19)12-16-15-11-4-3-5-14-17(11)12/h3-5,8-10H,2,6-7H2,1H3,(H,18,19). The van der Waals surface area contributed by atoms with Gasteiger partial charge in [0, 0.05) is 12.1 Å². The van der Waals surface area contributed by atoms with Gasteiger partial charge in [-0.05, 0) is 30.9 Å². The smallest absolute Gasteiger partial charge is 0.307 e. The predicted molar refractivity (Wildman–Crippen MR) is 67.7 cm³/mol. The normalized spacial score (nSPS) is 26.9. The van der Waals surface area contributed by atoms with E-state index in [1.54, 1.807) is 16.8 Å². The van der Waals surface area contributed by atoms with Crippen LogP contribution in [0.25, 0.3) is 5.65 Å². The van der Waals surface area contributed by atoms with Crippen LogP contribution in [0.2, 0.25) is 0 Å². The second-order valence-corrected chi connectivity index (χ2v) is 5.15.